The summed E-state index contributed by atoms with van der Waals surface area (Å²) in [6, 6.07) is 51.2. The molecule has 0 N–H and O–H groups in total. The van der Waals surface area contributed by atoms with E-state index in [1.54, 1.807) is 0 Å². The Morgan fingerprint density at radius 3 is 1.79 bits per heavy atom. The van der Waals surface area contributed by atoms with Crippen LogP contribution in [0.25, 0.3) is 82.4 Å². The quantitative estimate of drug-likeness (QED) is 0.226. The van der Waals surface area contributed by atoms with Crippen LogP contribution in [0.1, 0.15) is 0 Å². The Labute approximate surface area is 226 Å². The summed E-state index contributed by atoms with van der Waals surface area (Å²) in [4.78, 5) is 0. The van der Waals surface area contributed by atoms with E-state index in [-0.39, 0.29) is 0 Å². The third kappa shape index (κ3) is 2.74. The second-order valence-corrected chi connectivity index (χ2v) is 10.5. The van der Waals surface area contributed by atoms with Crippen molar-refractivity contribution >= 4 is 43.4 Å². The Kier molecular flexibility index (Phi) is 4.11. The third-order valence-corrected chi connectivity index (χ3v) is 8.53. The van der Waals surface area contributed by atoms with Gasteiger partial charge in [0.05, 0.1) is 16.7 Å². The van der Waals surface area contributed by atoms with E-state index in [0.717, 1.165) is 0 Å². The molecule has 0 saturated carbocycles. The van der Waals surface area contributed by atoms with Gasteiger partial charge < -0.3 is 4.57 Å². The maximum Gasteiger partial charge on any atom is 0.0548 e. The number of nitrogens with zero attached hydrogens (tertiary/aromatic N) is 1. The van der Waals surface area contributed by atoms with Gasteiger partial charge in [-0.25, -0.2) is 0 Å². The molecular weight excluding hydrogens is 470 g/mol. The minimum atomic E-state index is 1.22. The number of hydrogen-bond donors (Lipinski definition) is 0. The van der Waals surface area contributed by atoms with Crippen LogP contribution in [0.4, 0.5) is 0 Å². The second-order valence-electron chi connectivity index (χ2n) is 10.5. The van der Waals surface area contributed by atoms with E-state index < -0.39 is 0 Å². The van der Waals surface area contributed by atoms with Crippen LogP contribution in [0.3, 0.4) is 0 Å². The molecule has 0 spiro atoms. The average Bonchev–Trinajstić information content (AvgIpc) is 3.28. The first kappa shape index (κ1) is 20.9. The van der Waals surface area contributed by atoms with Crippen molar-refractivity contribution in [3.8, 4) is 39.1 Å². The summed E-state index contributed by atoms with van der Waals surface area (Å²) in [5, 5.41) is 7.85. The first-order valence-electron chi connectivity index (χ1n) is 13.5. The third-order valence-electron chi connectivity index (χ3n) is 8.53. The van der Waals surface area contributed by atoms with Crippen LogP contribution in [0, 0.1) is 0 Å². The van der Waals surface area contributed by atoms with Gasteiger partial charge in [0.15, 0.2) is 0 Å². The fraction of sp³-hybridized carbons (Fsp3) is 0. The largest absolute Gasteiger partial charge is 0.309 e. The van der Waals surface area contributed by atoms with E-state index in [2.05, 4.69) is 144 Å². The van der Waals surface area contributed by atoms with Crippen molar-refractivity contribution in [2.45, 2.75) is 0 Å². The van der Waals surface area contributed by atoms with Gasteiger partial charge in [-0.05, 0) is 67.7 Å². The van der Waals surface area contributed by atoms with Crippen LogP contribution in [0.2, 0.25) is 0 Å². The van der Waals surface area contributed by atoms with Gasteiger partial charge in [-0.15, -0.1) is 0 Å². The number of rotatable bonds is 2. The molecule has 180 valence electrons. The predicted molar refractivity (Wildman–Crippen MR) is 166 cm³/mol. The lowest BCUT2D eigenvalue weighted by atomic mass is 9.93. The van der Waals surface area contributed by atoms with E-state index in [1.165, 1.54) is 82.4 Å². The Balaban J connectivity index is 1.48. The molecule has 8 aromatic rings. The molecule has 0 fully saturated rings. The summed E-state index contributed by atoms with van der Waals surface area (Å²) in [6.07, 6.45) is 0. The molecule has 1 aliphatic rings. The Morgan fingerprint density at radius 1 is 0.333 bits per heavy atom. The molecule has 1 nitrogen and oxygen atoms in total. The number of benzene rings is 7. The maximum absolute atomic E-state index is 2.50. The second kappa shape index (κ2) is 7.69. The highest BCUT2D eigenvalue weighted by atomic mass is 15.0. The van der Waals surface area contributed by atoms with Crippen LogP contribution >= 0.6 is 0 Å². The molecule has 0 bridgehead atoms. The zero-order valence-electron chi connectivity index (χ0n) is 21.2. The SMILES string of the molecule is c1ccc(-c2ccc(-n3c4cccc5c4c4c6c(cccc6ccc43)-c3ccccc3-5)c3ccccc23)cc1. The molecule has 1 heteroatoms. The van der Waals surface area contributed by atoms with E-state index in [0.29, 0.717) is 0 Å². The first-order chi connectivity index (χ1) is 19.4. The summed E-state index contributed by atoms with van der Waals surface area (Å²) in [5.74, 6) is 0. The zero-order valence-corrected chi connectivity index (χ0v) is 21.2. The molecule has 1 aliphatic carbocycles. The van der Waals surface area contributed by atoms with Gasteiger partial charge in [0, 0.05) is 16.2 Å². The summed E-state index contributed by atoms with van der Waals surface area (Å²) < 4.78 is 2.50. The smallest absolute Gasteiger partial charge is 0.0548 e. The van der Waals surface area contributed by atoms with Crippen LogP contribution < -0.4 is 0 Å². The monoisotopic (exact) mass is 493 g/mol. The Bertz CT molecular complexity index is 2270. The average molecular weight is 494 g/mol. The van der Waals surface area contributed by atoms with Crippen molar-refractivity contribution in [3.05, 3.63) is 140 Å². The van der Waals surface area contributed by atoms with Gasteiger partial charge in [-0.2, -0.15) is 0 Å². The normalized spacial score (nSPS) is 12.1. The first-order valence-corrected chi connectivity index (χ1v) is 13.5. The van der Waals surface area contributed by atoms with Crippen LogP contribution in [0.15, 0.2) is 140 Å². The van der Waals surface area contributed by atoms with Crippen molar-refractivity contribution in [2.24, 2.45) is 0 Å². The van der Waals surface area contributed by atoms with Crippen molar-refractivity contribution in [1.82, 2.24) is 4.57 Å². The topological polar surface area (TPSA) is 4.93 Å². The molecule has 9 rings (SSSR count). The van der Waals surface area contributed by atoms with Crippen molar-refractivity contribution < 1.29 is 0 Å². The number of hydrogen-bond acceptors (Lipinski definition) is 0. The van der Waals surface area contributed by atoms with Gasteiger partial charge in [-0.3, -0.25) is 0 Å². The predicted octanol–water partition coefficient (Wildman–Crippen LogP) is 10.4. The minimum Gasteiger partial charge on any atom is -0.309 e. The van der Waals surface area contributed by atoms with Crippen molar-refractivity contribution in [3.63, 3.8) is 0 Å². The van der Waals surface area contributed by atoms with E-state index >= 15 is 0 Å². The van der Waals surface area contributed by atoms with E-state index in [9.17, 15) is 0 Å². The molecule has 39 heavy (non-hydrogen) atoms. The fourth-order valence-corrected chi connectivity index (χ4v) is 6.94. The van der Waals surface area contributed by atoms with E-state index in [4.69, 9.17) is 0 Å². The standard InChI is InChI=1S/C38H23N/c1-2-10-24(11-3-1)26-21-23-33(30-16-7-6-13-27(26)30)39-34-19-9-18-32-29-15-5-4-14-28(29)31-17-8-12-25-20-22-35(39)38(36(25)31)37(32)34/h1-23H. The Hall–Kier alpha value is -5.14. The molecule has 0 saturated heterocycles. The molecule has 1 heterocycles. The lowest BCUT2D eigenvalue weighted by molar-refractivity contribution is 1.20. The molecule has 0 aliphatic heterocycles. The van der Waals surface area contributed by atoms with Crippen molar-refractivity contribution in [1.29, 1.82) is 0 Å². The molecule has 0 unspecified atom stereocenters. The summed E-state index contributed by atoms with van der Waals surface area (Å²) >= 11 is 0. The molecule has 1 aromatic heterocycles. The number of fused-ring (bicyclic) bond motifs is 4. The van der Waals surface area contributed by atoms with E-state index in [1.807, 2.05) is 0 Å². The van der Waals surface area contributed by atoms with Gasteiger partial charge >= 0.3 is 0 Å². The highest BCUT2D eigenvalue weighted by Gasteiger charge is 2.25. The van der Waals surface area contributed by atoms with Gasteiger partial charge in [0.25, 0.3) is 0 Å². The highest BCUT2D eigenvalue weighted by Crippen LogP contribution is 2.50. The highest BCUT2D eigenvalue weighted by molar-refractivity contribution is 6.30. The number of aromatic nitrogens is 1. The van der Waals surface area contributed by atoms with Crippen molar-refractivity contribution in [2.75, 3.05) is 0 Å². The zero-order chi connectivity index (χ0) is 25.5. The molecule has 0 atom stereocenters. The molecule has 7 aromatic carbocycles. The summed E-state index contributed by atoms with van der Waals surface area (Å²) in [6.45, 7) is 0. The lowest BCUT2D eigenvalue weighted by Crippen LogP contribution is -1.97. The van der Waals surface area contributed by atoms with Crippen LogP contribution in [-0.2, 0) is 0 Å². The van der Waals surface area contributed by atoms with Crippen LogP contribution in [0.5, 0.6) is 0 Å². The molecular formula is C38H23N. The molecule has 0 radical (unpaired) electrons. The summed E-state index contributed by atoms with van der Waals surface area (Å²) in [7, 11) is 0. The molecule has 0 amide bonds. The fourth-order valence-electron chi connectivity index (χ4n) is 6.94. The van der Waals surface area contributed by atoms with Gasteiger partial charge in [0.1, 0.15) is 0 Å². The lowest BCUT2D eigenvalue weighted by Gasteiger charge is -2.16. The summed E-state index contributed by atoms with van der Waals surface area (Å²) in [5.41, 5.74) is 11.5. The minimum absolute atomic E-state index is 1.22. The van der Waals surface area contributed by atoms with Gasteiger partial charge in [-0.1, -0.05) is 121 Å². The Morgan fingerprint density at radius 2 is 0.974 bits per heavy atom. The van der Waals surface area contributed by atoms with Crippen LogP contribution in [-0.4, -0.2) is 4.57 Å². The maximum atomic E-state index is 2.50. The van der Waals surface area contributed by atoms with Gasteiger partial charge in [0.2, 0.25) is 0 Å².